The first kappa shape index (κ1) is 32.2. The van der Waals surface area contributed by atoms with Crippen LogP contribution in [-0.4, -0.2) is 108 Å². The van der Waals surface area contributed by atoms with Crippen molar-refractivity contribution < 1.29 is 29.7 Å². The van der Waals surface area contributed by atoms with Crippen molar-refractivity contribution in [1.29, 1.82) is 0 Å². The number of benzene rings is 2. The number of carbonyl (C=O) groups excluding carboxylic acids is 3. The van der Waals surface area contributed by atoms with Crippen LogP contribution in [0.15, 0.2) is 36.4 Å². The molecule has 1 saturated heterocycles. The third-order valence-electron chi connectivity index (χ3n) is 7.85. The van der Waals surface area contributed by atoms with Gasteiger partial charge in [0, 0.05) is 52.1 Å². The number of nitrogens with one attached hydrogen (secondary N) is 4. The Hall–Kier alpha value is -3.75. The number of hydrogen-bond donors (Lipinski definition) is 9. The molecule has 2 aromatic carbocycles. The lowest BCUT2D eigenvalue weighted by Crippen LogP contribution is -2.57. The van der Waals surface area contributed by atoms with E-state index in [1.807, 2.05) is 0 Å². The molecule has 13 nitrogen and oxygen atoms in total. The molecule has 2 heterocycles. The number of nitrogens with two attached hydrogens (primary N) is 2. The lowest BCUT2D eigenvalue weighted by molar-refractivity contribution is -0.132. The molecule has 0 aliphatic carbocycles. The van der Waals surface area contributed by atoms with Crippen LogP contribution in [0.5, 0.6) is 11.5 Å². The van der Waals surface area contributed by atoms with Crippen molar-refractivity contribution in [2.45, 2.75) is 49.9 Å². The number of amides is 3. The van der Waals surface area contributed by atoms with Crippen molar-refractivity contribution in [3.8, 4) is 22.6 Å². The molecular weight excluding hydrogens is 554 g/mol. The van der Waals surface area contributed by atoms with Gasteiger partial charge in [0.05, 0.1) is 12.1 Å². The van der Waals surface area contributed by atoms with Crippen LogP contribution in [-0.2, 0) is 27.2 Å². The van der Waals surface area contributed by atoms with Crippen LogP contribution >= 0.6 is 0 Å². The zero-order valence-corrected chi connectivity index (χ0v) is 24.2. The SMILES string of the molecule is NCCC[C@@H]1NC(=O)[C@@H](N)Cc2cc(ccc2O)-c2ccc(O)c(c2)C[C@@H](C(=O)NCC(O)CN2CCNCC2)NC1=O. The molecule has 4 bridgehead atoms. The first-order valence-corrected chi connectivity index (χ1v) is 14.7. The molecule has 1 unspecified atom stereocenters. The molecule has 0 spiro atoms. The van der Waals surface area contributed by atoms with Gasteiger partial charge in [-0.1, -0.05) is 12.1 Å². The second-order valence-corrected chi connectivity index (χ2v) is 11.2. The number of piperazine rings is 1. The molecule has 43 heavy (non-hydrogen) atoms. The summed E-state index contributed by atoms with van der Waals surface area (Å²) in [6.07, 6.45) is -0.233. The average molecular weight is 598 g/mol. The minimum atomic E-state index is -1.13. The summed E-state index contributed by atoms with van der Waals surface area (Å²) in [5.74, 6) is -1.83. The molecule has 0 aromatic heterocycles. The second-order valence-electron chi connectivity index (χ2n) is 11.2. The zero-order chi connectivity index (χ0) is 30.9. The number of aliphatic hydroxyl groups is 1. The van der Waals surface area contributed by atoms with Crippen LogP contribution in [0.2, 0.25) is 0 Å². The lowest BCUT2D eigenvalue weighted by atomic mass is 9.95. The van der Waals surface area contributed by atoms with Crippen LogP contribution in [0.4, 0.5) is 0 Å². The van der Waals surface area contributed by atoms with Crippen molar-refractivity contribution >= 4 is 17.7 Å². The maximum atomic E-state index is 13.5. The maximum Gasteiger partial charge on any atom is 0.243 e. The van der Waals surface area contributed by atoms with E-state index in [-0.39, 0.29) is 43.9 Å². The van der Waals surface area contributed by atoms with Gasteiger partial charge in [-0.3, -0.25) is 19.3 Å². The summed E-state index contributed by atoms with van der Waals surface area (Å²) in [4.78, 5) is 42.1. The normalized spacial score (nSPS) is 22.4. The molecule has 1 fully saturated rings. The predicted octanol–water partition coefficient (Wildman–Crippen LogP) is -1.72. The van der Waals surface area contributed by atoms with Gasteiger partial charge in [0.15, 0.2) is 0 Å². The first-order chi connectivity index (χ1) is 20.6. The van der Waals surface area contributed by atoms with Crippen LogP contribution in [0.1, 0.15) is 24.0 Å². The summed E-state index contributed by atoms with van der Waals surface area (Å²) in [6, 6.07) is 6.62. The standard InChI is InChI=1S/C30H43N7O6/c31-7-1-2-24-30(43)36-25(29(42)34-16-22(38)17-37-10-8-33-9-11-37)15-21-13-19(4-6-27(21)40)18-3-5-26(39)20(12-18)14-23(32)28(41)35-24/h3-6,12-13,22-25,33,38-40H,1-2,7-11,14-17,31-32H2,(H,34,42)(H,35,41)(H,36,43)/t22?,23-,24-,25-/m0/s1. The minimum absolute atomic E-state index is 0.0168. The largest absolute Gasteiger partial charge is 0.508 e. The molecule has 13 heteroatoms. The third kappa shape index (κ3) is 8.88. The van der Waals surface area contributed by atoms with Crippen LogP contribution in [0.3, 0.4) is 0 Å². The molecule has 3 amide bonds. The van der Waals surface area contributed by atoms with Gasteiger partial charge < -0.3 is 48.1 Å². The number of aliphatic hydroxyl groups excluding tert-OH is 1. The summed E-state index contributed by atoms with van der Waals surface area (Å²) in [7, 11) is 0. The number of rotatable bonds is 8. The maximum absolute atomic E-state index is 13.5. The molecule has 2 aromatic rings. The summed E-state index contributed by atoms with van der Waals surface area (Å²) in [5.41, 5.74) is 14.1. The van der Waals surface area contributed by atoms with E-state index < -0.39 is 42.0 Å². The summed E-state index contributed by atoms with van der Waals surface area (Å²) >= 11 is 0. The number of phenolic OH excluding ortho intramolecular Hbond substituents is 2. The smallest absolute Gasteiger partial charge is 0.243 e. The highest BCUT2D eigenvalue weighted by Crippen LogP contribution is 2.30. The Labute approximate surface area is 251 Å². The number of hydrogen-bond acceptors (Lipinski definition) is 10. The fraction of sp³-hybridized carbons (Fsp3) is 0.500. The van der Waals surface area contributed by atoms with Crippen LogP contribution < -0.4 is 32.7 Å². The number of aromatic hydroxyl groups is 2. The van der Waals surface area contributed by atoms with Gasteiger partial charge in [0.25, 0.3) is 0 Å². The van der Waals surface area contributed by atoms with Crippen molar-refractivity contribution in [3.05, 3.63) is 47.5 Å². The Morgan fingerprint density at radius 3 is 2.23 bits per heavy atom. The van der Waals surface area contributed by atoms with E-state index >= 15 is 0 Å². The summed E-state index contributed by atoms with van der Waals surface area (Å²) in [5, 5.41) is 43.2. The molecule has 0 radical (unpaired) electrons. The van der Waals surface area contributed by atoms with Crippen LogP contribution in [0, 0.1) is 0 Å². The second kappa shape index (κ2) is 15.1. The number of fused-ring (bicyclic) bond motifs is 5. The zero-order valence-electron chi connectivity index (χ0n) is 24.2. The first-order valence-electron chi connectivity index (χ1n) is 14.7. The molecule has 234 valence electrons. The molecule has 2 aliphatic rings. The Balaban J connectivity index is 1.63. The van der Waals surface area contributed by atoms with E-state index in [0.29, 0.717) is 35.2 Å². The summed E-state index contributed by atoms with van der Waals surface area (Å²) in [6.45, 7) is 3.89. The van der Waals surface area contributed by atoms with Gasteiger partial charge in [-0.25, -0.2) is 0 Å². The fourth-order valence-electron chi connectivity index (χ4n) is 5.36. The molecule has 4 atom stereocenters. The highest BCUT2D eigenvalue weighted by Gasteiger charge is 2.30. The molecular formula is C30H43N7O6. The monoisotopic (exact) mass is 597 g/mol. The molecule has 2 aliphatic heterocycles. The topological polar surface area (TPSA) is 215 Å². The molecule has 11 N–H and O–H groups in total. The number of phenols is 2. The van der Waals surface area contributed by atoms with E-state index in [1.54, 1.807) is 24.3 Å². The Morgan fingerprint density at radius 2 is 1.60 bits per heavy atom. The Kier molecular flexibility index (Phi) is 11.3. The highest BCUT2D eigenvalue weighted by molar-refractivity contribution is 5.93. The van der Waals surface area contributed by atoms with Crippen molar-refractivity contribution in [3.63, 3.8) is 0 Å². The lowest BCUT2D eigenvalue weighted by Gasteiger charge is -2.29. The number of β-amino-alcohol motifs (C(OH)–C–C–N with tert-alkyl or cyclic N) is 1. The number of carbonyl (C=O) groups is 3. The van der Waals surface area contributed by atoms with Gasteiger partial charge in [-0.05, 0) is 65.9 Å². The van der Waals surface area contributed by atoms with E-state index in [4.69, 9.17) is 11.5 Å². The predicted molar refractivity (Wildman–Crippen MR) is 161 cm³/mol. The molecule has 0 saturated carbocycles. The highest BCUT2D eigenvalue weighted by atomic mass is 16.3. The van der Waals surface area contributed by atoms with Gasteiger partial charge >= 0.3 is 0 Å². The Bertz CT molecular complexity index is 1290. The van der Waals surface area contributed by atoms with Crippen LogP contribution in [0.25, 0.3) is 11.1 Å². The van der Waals surface area contributed by atoms with Gasteiger partial charge in [0.2, 0.25) is 17.7 Å². The minimum Gasteiger partial charge on any atom is -0.508 e. The summed E-state index contributed by atoms with van der Waals surface area (Å²) < 4.78 is 0. The van der Waals surface area contributed by atoms with Gasteiger partial charge in [-0.2, -0.15) is 0 Å². The van der Waals surface area contributed by atoms with E-state index in [9.17, 15) is 29.7 Å². The number of nitrogens with zero attached hydrogens (tertiary/aromatic N) is 1. The van der Waals surface area contributed by atoms with E-state index in [0.717, 1.165) is 26.2 Å². The van der Waals surface area contributed by atoms with E-state index in [2.05, 4.69) is 26.2 Å². The van der Waals surface area contributed by atoms with Crippen molar-refractivity contribution in [1.82, 2.24) is 26.2 Å². The van der Waals surface area contributed by atoms with Crippen molar-refractivity contribution in [2.24, 2.45) is 11.5 Å². The van der Waals surface area contributed by atoms with E-state index in [1.165, 1.54) is 12.1 Å². The average Bonchev–Trinajstić information content (AvgIpc) is 2.99. The Morgan fingerprint density at radius 1 is 0.977 bits per heavy atom. The van der Waals surface area contributed by atoms with Gasteiger partial charge in [0.1, 0.15) is 23.6 Å². The van der Waals surface area contributed by atoms with Crippen molar-refractivity contribution in [2.75, 3.05) is 45.8 Å². The third-order valence-corrected chi connectivity index (χ3v) is 7.85. The quantitative estimate of drug-likeness (QED) is 0.168. The molecule has 4 rings (SSSR count). The van der Waals surface area contributed by atoms with Gasteiger partial charge in [-0.15, -0.1) is 0 Å². The fourth-order valence-corrected chi connectivity index (χ4v) is 5.36.